The number of halogens is 2. The van der Waals surface area contributed by atoms with Crippen LogP contribution in [0.2, 0.25) is 10.0 Å². The van der Waals surface area contributed by atoms with Crippen molar-refractivity contribution < 1.29 is 14.3 Å². The molecule has 1 heterocycles. The Labute approximate surface area is 151 Å². The summed E-state index contributed by atoms with van der Waals surface area (Å²) in [4.78, 5) is 0. The minimum absolute atomic E-state index is 0.0133. The lowest BCUT2D eigenvalue weighted by Gasteiger charge is -2.20. The summed E-state index contributed by atoms with van der Waals surface area (Å²) in [5.74, 6) is 1.64. The molecule has 0 bridgehead atoms. The van der Waals surface area contributed by atoms with Crippen LogP contribution in [-0.2, 0) is 6.42 Å². The molecule has 0 spiro atoms. The summed E-state index contributed by atoms with van der Waals surface area (Å²) in [5.41, 5.74) is 1.25. The van der Waals surface area contributed by atoms with Crippen LogP contribution in [0.25, 0.3) is 0 Å². The molecule has 0 saturated heterocycles. The maximum Gasteiger partial charge on any atom is 0.122 e. The van der Waals surface area contributed by atoms with Gasteiger partial charge in [-0.05, 0) is 49.6 Å². The van der Waals surface area contributed by atoms with Gasteiger partial charge < -0.3 is 14.3 Å². The normalized spacial score (nSPS) is 20.2. The van der Waals surface area contributed by atoms with E-state index in [4.69, 9.17) is 32.4 Å². The van der Waals surface area contributed by atoms with E-state index in [1.807, 2.05) is 12.1 Å². The zero-order valence-corrected chi connectivity index (χ0v) is 14.8. The van der Waals surface area contributed by atoms with Crippen molar-refractivity contribution in [3.63, 3.8) is 0 Å². The van der Waals surface area contributed by atoms with Gasteiger partial charge in [-0.2, -0.15) is 0 Å². The van der Waals surface area contributed by atoms with Gasteiger partial charge in [-0.25, -0.2) is 0 Å². The number of furan rings is 1. The summed E-state index contributed by atoms with van der Waals surface area (Å²) < 4.78 is 11.2. The summed E-state index contributed by atoms with van der Waals surface area (Å²) in [6.45, 7) is 0.421. The molecule has 1 N–H and O–H groups in total. The lowest BCUT2D eigenvalue weighted by molar-refractivity contribution is 0.105. The van der Waals surface area contributed by atoms with E-state index in [1.165, 1.54) is 5.57 Å². The average molecular weight is 367 g/mol. The van der Waals surface area contributed by atoms with E-state index < -0.39 is 6.10 Å². The molecule has 5 heteroatoms. The molecule has 1 aliphatic carbocycles. The Morgan fingerprint density at radius 3 is 2.67 bits per heavy atom. The Kier molecular flexibility index (Phi) is 5.88. The highest BCUT2D eigenvalue weighted by molar-refractivity contribution is 6.34. The van der Waals surface area contributed by atoms with Gasteiger partial charge in [-0.3, -0.25) is 0 Å². The number of aliphatic hydroxyl groups is 1. The van der Waals surface area contributed by atoms with Crippen LogP contribution in [0.5, 0.6) is 5.75 Å². The zero-order valence-electron chi connectivity index (χ0n) is 13.3. The second-order valence-electron chi connectivity index (χ2n) is 6.04. The Bertz CT molecular complexity index is 674. The van der Waals surface area contributed by atoms with Crippen molar-refractivity contribution in [3.8, 4) is 5.75 Å². The highest BCUT2D eigenvalue weighted by Crippen LogP contribution is 2.32. The van der Waals surface area contributed by atoms with Crippen LogP contribution in [0.15, 0.2) is 52.7 Å². The minimum Gasteiger partial charge on any atom is -0.493 e. The monoisotopic (exact) mass is 366 g/mol. The van der Waals surface area contributed by atoms with Gasteiger partial charge >= 0.3 is 0 Å². The molecule has 3 nitrogen and oxygen atoms in total. The molecule has 2 atom stereocenters. The van der Waals surface area contributed by atoms with E-state index in [0.717, 1.165) is 25.0 Å². The van der Waals surface area contributed by atoms with Gasteiger partial charge in [-0.1, -0.05) is 34.9 Å². The fourth-order valence-corrected chi connectivity index (χ4v) is 3.57. The Balaban J connectivity index is 1.53. The fourth-order valence-electron chi connectivity index (χ4n) is 3.06. The van der Waals surface area contributed by atoms with E-state index in [2.05, 4.69) is 6.08 Å². The second kappa shape index (κ2) is 8.11. The largest absolute Gasteiger partial charge is 0.493 e. The number of aryl methyl sites for hydroxylation is 1. The number of hydrogen-bond donors (Lipinski definition) is 1. The third kappa shape index (κ3) is 4.56. The van der Waals surface area contributed by atoms with E-state index in [-0.39, 0.29) is 5.92 Å². The highest BCUT2D eigenvalue weighted by Gasteiger charge is 2.28. The predicted octanol–water partition coefficient (Wildman–Crippen LogP) is 5.30. The van der Waals surface area contributed by atoms with Gasteiger partial charge in [0.05, 0.1) is 19.0 Å². The van der Waals surface area contributed by atoms with Crippen LogP contribution in [0, 0.1) is 5.92 Å². The highest BCUT2D eigenvalue weighted by atomic mass is 35.5. The maximum atomic E-state index is 10.2. The Morgan fingerprint density at radius 2 is 1.96 bits per heavy atom. The van der Waals surface area contributed by atoms with Crippen LogP contribution in [0.4, 0.5) is 0 Å². The van der Waals surface area contributed by atoms with Gasteiger partial charge in [0.15, 0.2) is 0 Å². The third-order valence-electron chi connectivity index (χ3n) is 4.30. The molecular weight excluding hydrogens is 347 g/mol. The summed E-state index contributed by atoms with van der Waals surface area (Å²) in [6, 6.07) is 9.02. The first kappa shape index (κ1) is 17.4. The van der Waals surface area contributed by atoms with Gasteiger partial charge in [0.2, 0.25) is 0 Å². The maximum absolute atomic E-state index is 10.2. The lowest BCUT2D eigenvalue weighted by atomic mass is 9.96. The summed E-state index contributed by atoms with van der Waals surface area (Å²) in [6.07, 6.45) is 6.94. The Morgan fingerprint density at radius 1 is 1.17 bits per heavy atom. The molecule has 1 aromatic heterocycles. The molecule has 0 radical (unpaired) electrons. The van der Waals surface area contributed by atoms with Crippen molar-refractivity contribution in [3.05, 3.63) is 64.0 Å². The number of hydrogen-bond acceptors (Lipinski definition) is 3. The van der Waals surface area contributed by atoms with Gasteiger partial charge in [-0.15, -0.1) is 0 Å². The molecular formula is C19H20Cl2O3. The molecule has 0 saturated carbocycles. The molecule has 0 unspecified atom stereocenters. The second-order valence-corrected chi connectivity index (χ2v) is 6.91. The number of rotatable bonds is 7. The van der Waals surface area contributed by atoms with Crippen molar-refractivity contribution in [2.45, 2.75) is 31.8 Å². The summed E-state index contributed by atoms with van der Waals surface area (Å²) >= 11 is 12.0. The van der Waals surface area contributed by atoms with Crippen molar-refractivity contribution in [1.29, 1.82) is 0 Å². The number of aliphatic hydroxyl groups excluding tert-OH is 1. The first-order valence-corrected chi connectivity index (χ1v) is 8.85. The van der Waals surface area contributed by atoms with Gasteiger partial charge in [0, 0.05) is 22.4 Å². The van der Waals surface area contributed by atoms with Crippen LogP contribution >= 0.6 is 23.2 Å². The van der Waals surface area contributed by atoms with E-state index in [1.54, 1.807) is 24.5 Å². The predicted molar refractivity (Wildman–Crippen MR) is 95.8 cm³/mol. The topological polar surface area (TPSA) is 42.6 Å². The molecule has 2 aromatic rings. The van der Waals surface area contributed by atoms with Crippen molar-refractivity contribution in [2.24, 2.45) is 5.92 Å². The van der Waals surface area contributed by atoms with Gasteiger partial charge in [0.25, 0.3) is 0 Å². The van der Waals surface area contributed by atoms with E-state index >= 15 is 0 Å². The van der Waals surface area contributed by atoms with E-state index in [0.29, 0.717) is 28.8 Å². The van der Waals surface area contributed by atoms with Crippen molar-refractivity contribution in [2.75, 3.05) is 6.61 Å². The third-order valence-corrected chi connectivity index (χ3v) is 4.73. The van der Waals surface area contributed by atoms with Crippen LogP contribution in [-0.4, -0.2) is 17.8 Å². The van der Waals surface area contributed by atoms with Crippen molar-refractivity contribution in [1.82, 2.24) is 0 Å². The molecule has 1 aliphatic rings. The molecule has 128 valence electrons. The number of benzene rings is 1. The lowest BCUT2D eigenvalue weighted by Crippen LogP contribution is -2.23. The zero-order chi connectivity index (χ0) is 16.9. The average Bonchev–Trinajstić information content (AvgIpc) is 3.15. The molecule has 24 heavy (non-hydrogen) atoms. The fraction of sp³-hybridized carbons (Fsp3) is 0.368. The summed E-state index contributed by atoms with van der Waals surface area (Å²) in [7, 11) is 0. The number of ether oxygens (including phenoxy) is 1. The first-order chi connectivity index (χ1) is 11.6. The van der Waals surface area contributed by atoms with Crippen LogP contribution in [0.3, 0.4) is 0 Å². The molecule has 1 aromatic carbocycles. The van der Waals surface area contributed by atoms with Crippen LogP contribution in [0.1, 0.15) is 25.0 Å². The molecule has 3 rings (SSSR count). The quantitative estimate of drug-likeness (QED) is 0.676. The van der Waals surface area contributed by atoms with E-state index in [9.17, 15) is 5.11 Å². The molecule has 0 fully saturated rings. The molecule has 0 amide bonds. The Hall–Kier alpha value is -1.42. The standard InChI is InChI=1S/C19H20Cl2O3/c20-14-9-15(21)11-17(10-14)24-12-18-13(6-7-19(18)22)3-1-4-16-5-2-8-23-16/h2,5-6,8-11,18-19,22H,1,3-4,7,12H2/t18-,19-/m1/s1. The summed E-state index contributed by atoms with van der Waals surface area (Å²) in [5, 5.41) is 11.3. The van der Waals surface area contributed by atoms with Crippen molar-refractivity contribution >= 4 is 23.2 Å². The smallest absolute Gasteiger partial charge is 0.122 e. The molecule has 0 aliphatic heterocycles. The SMILES string of the molecule is O[C@@H]1CC=C(CCCc2ccco2)[C@H]1COc1cc(Cl)cc(Cl)c1. The van der Waals surface area contributed by atoms with Gasteiger partial charge in [0.1, 0.15) is 11.5 Å². The first-order valence-electron chi connectivity index (χ1n) is 8.10. The minimum atomic E-state index is -0.390. The van der Waals surface area contributed by atoms with Crippen LogP contribution < -0.4 is 4.74 Å².